The fourth-order valence-corrected chi connectivity index (χ4v) is 5.40. The maximum Gasteiger partial charge on any atom is 0.330 e. The monoisotopic (exact) mass is 595 g/mol. The van der Waals surface area contributed by atoms with E-state index in [0.717, 1.165) is 39.2 Å². The van der Waals surface area contributed by atoms with Crippen LogP contribution in [0, 0.1) is 20.8 Å². The minimum absolute atomic E-state index is 0.0147. The van der Waals surface area contributed by atoms with Crippen molar-refractivity contribution >= 4 is 23.2 Å². The summed E-state index contributed by atoms with van der Waals surface area (Å²) in [5, 5.41) is 5.52. The van der Waals surface area contributed by atoms with E-state index in [1.165, 1.54) is 0 Å². The average molecular weight is 596 g/mol. The summed E-state index contributed by atoms with van der Waals surface area (Å²) in [5.74, 6) is 6.24. The molecule has 1 aromatic heterocycles. The molecule has 42 heavy (non-hydrogen) atoms. The van der Waals surface area contributed by atoms with Gasteiger partial charge in [0.2, 0.25) is 0 Å². The summed E-state index contributed by atoms with van der Waals surface area (Å²) in [6.45, 7) is 9.27. The number of carbonyl (C=O) groups is 1. The lowest BCUT2D eigenvalue weighted by Crippen LogP contribution is -2.45. The fraction of sp³-hybridized carbons (Fsp3) is 0.367. The third kappa shape index (κ3) is 6.17. The van der Waals surface area contributed by atoms with Crippen LogP contribution in [-0.2, 0) is 24.3 Å². The molecule has 12 heteroatoms. The number of benzene rings is 2. The lowest BCUT2D eigenvalue weighted by Gasteiger charge is -2.25. The third-order valence-corrected chi connectivity index (χ3v) is 7.54. The van der Waals surface area contributed by atoms with E-state index < -0.39 is 5.91 Å². The normalized spacial score (nSPS) is 13.1. The van der Waals surface area contributed by atoms with Crippen LogP contribution in [0.3, 0.4) is 0 Å². The number of nitrogens with one attached hydrogen (secondary N) is 3. The summed E-state index contributed by atoms with van der Waals surface area (Å²) >= 11 is 6.05. The molecule has 0 bridgehead atoms. The number of rotatable bonds is 10. The summed E-state index contributed by atoms with van der Waals surface area (Å²) in [7, 11) is 3.17. The number of hydrogen-bond acceptors (Lipinski definition) is 8. The van der Waals surface area contributed by atoms with Crippen LogP contribution in [0.1, 0.15) is 29.2 Å². The molecule has 0 radical (unpaired) electrons. The number of amides is 1. The van der Waals surface area contributed by atoms with Gasteiger partial charge >= 0.3 is 5.69 Å². The van der Waals surface area contributed by atoms with Crippen molar-refractivity contribution in [1.82, 2.24) is 25.2 Å². The number of hydrazine groups is 1. The first-order valence-corrected chi connectivity index (χ1v) is 14.1. The second-order valence-electron chi connectivity index (χ2n) is 10.0. The minimum atomic E-state index is -0.509. The quantitative estimate of drug-likeness (QED) is 0.122. The van der Waals surface area contributed by atoms with Crippen molar-refractivity contribution in [3.63, 3.8) is 0 Å². The van der Waals surface area contributed by atoms with Crippen molar-refractivity contribution < 1.29 is 14.3 Å². The number of nitrogens with zero attached hydrogens (tertiary/aromatic N) is 3. The molecular formula is C30H38ClN7O4. The van der Waals surface area contributed by atoms with Crippen molar-refractivity contribution in [2.75, 3.05) is 27.3 Å². The van der Waals surface area contributed by atoms with Crippen LogP contribution < -0.4 is 42.6 Å². The van der Waals surface area contributed by atoms with Crippen LogP contribution >= 0.6 is 11.6 Å². The summed E-state index contributed by atoms with van der Waals surface area (Å²) in [6, 6.07) is 9.96. The van der Waals surface area contributed by atoms with Crippen molar-refractivity contribution in [1.29, 1.82) is 0 Å². The molecule has 0 fully saturated rings. The van der Waals surface area contributed by atoms with Crippen molar-refractivity contribution in [2.24, 2.45) is 10.8 Å². The van der Waals surface area contributed by atoms with E-state index in [4.69, 9.17) is 31.9 Å². The number of aryl methyl sites for hydroxylation is 4. The maximum atomic E-state index is 14.0. The molecule has 0 aliphatic carbocycles. The molecule has 11 nitrogen and oxygen atoms in total. The Morgan fingerprint density at radius 1 is 1.12 bits per heavy atom. The van der Waals surface area contributed by atoms with E-state index >= 15 is 0 Å². The molecule has 0 atom stereocenters. The predicted octanol–water partition coefficient (Wildman–Crippen LogP) is 2.64. The summed E-state index contributed by atoms with van der Waals surface area (Å²) in [4.78, 5) is 31.7. The zero-order valence-electron chi connectivity index (χ0n) is 24.9. The van der Waals surface area contributed by atoms with E-state index in [-0.39, 0.29) is 29.6 Å². The minimum Gasteiger partial charge on any atom is -0.493 e. The summed E-state index contributed by atoms with van der Waals surface area (Å²) < 4.78 is 14.7. The Balaban J connectivity index is 1.86. The number of ether oxygens (including phenoxy) is 2. The average Bonchev–Trinajstić information content (AvgIpc) is 2.96. The molecule has 0 saturated carbocycles. The maximum absolute atomic E-state index is 14.0. The molecule has 4 rings (SSSR count). The van der Waals surface area contributed by atoms with E-state index in [1.54, 1.807) is 23.3 Å². The SMILES string of the molecule is CCOc1cc2c(cc1OC)-c1cc(=Nc3c(C)cc(C)cc3C)n(CCNC(=O)C(NN)=C(Cl)NC)c(=O)n1CC2. The van der Waals surface area contributed by atoms with Gasteiger partial charge in [0.25, 0.3) is 5.91 Å². The molecule has 2 aromatic carbocycles. The Labute approximate surface area is 250 Å². The molecule has 2 heterocycles. The first-order chi connectivity index (χ1) is 20.1. The summed E-state index contributed by atoms with van der Waals surface area (Å²) in [6.07, 6.45) is 0.647. The second-order valence-corrected chi connectivity index (χ2v) is 10.4. The van der Waals surface area contributed by atoms with Crippen LogP contribution in [0.4, 0.5) is 5.69 Å². The third-order valence-electron chi connectivity index (χ3n) is 7.16. The lowest BCUT2D eigenvalue weighted by atomic mass is 9.97. The number of aromatic nitrogens is 2. The Morgan fingerprint density at radius 2 is 1.83 bits per heavy atom. The number of carbonyl (C=O) groups excluding carboxylic acids is 1. The van der Waals surface area contributed by atoms with Gasteiger partial charge in [0.1, 0.15) is 16.3 Å². The fourth-order valence-electron chi connectivity index (χ4n) is 5.26. The highest BCUT2D eigenvalue weighted by molar-refractivity contribution is 6.31. The van der Waals surface area contributed by atoms with E-state index in [2.05, 4.69) is 28.2 Å². The van der Waals surface area contributed by atoms with Gasteiger partial charge in [0.15, 0.2) is 11.5 Å². The van der Waals surface area contributed by atoms with Crippen LogP contribution in [-0.4, -0.2) is 42.4 Å². The van der Waals surface area contributed by atoms with E-state index in [0.29, 0.717) is 36.6 Å². The number of halogens is 1. The molecule has 224 valence electrons. The molecule has 3 aromatic rings. The Hall–Kier alpha value is -4.22. The highest BCUT2D eigenvalue weighted by atomic mass is 35.5. The molecular weight excluding hydrogens is 558 g/mol. The standard InChI is InChI=1S/C30H38ClN7O4/c1-7-42-24-14-20-8-10-37-22(21(20)15-23(24)41-6)16-25(35-26-18(3)12-17(2)13-19(26)4)38(30(37)40)11-9-34-29(39)27(36-32)28(31)33-5/h12-16,33,36H,7-11,32H2,1-6H3,(H,34,39). The predicted molar refractivity (Wildman–Crippen MR) is 164 cm³/mol. The van der Waals surface area contributed by atoms with Gasteiger partial charge in [-0.2, -0.15) is 0 Å². The number of methoxy groups -OCH3 is 1. The zero-order chi connectivity index (χ0) is 30.6. The van der Waals surface area contributed by atoms with E-state index in [1.807, 2.05) is 45.9 Å². The smallest absolute Gasteiger partial charge is 0.330 e. The highest BCUT2D eigenvalue weighted by Gasteiger charge is 2.23. The summed E-state index contributed by atoms with van der Waals surface area (Å²) in [5.41, 5.74) is 9.14. The molecule has 1 aliphatic heterocycles. The number of fused-ring (bicyclic) bond motifs is 3. The Kier molecular flexibility index (Phi) is 9.64. The second kappa shape index (κ2) is 13.2. The van der Waals surface area contributed by atoms with Crippen LogP contribution in [0.15, 0.2) is 51.0 Å². The van der Waals surface area contributed by atoms with Gasteiger partial charge in [-0.3, -0.25) is 19.8 Å². The van der Waals surface area contributed by atoms with Gasteiger partial charge in [-0.15, -0.1) is 0 Å². The van der Waals surface area contributed by atoms with Crippen LogP contribution in [0.2, 0.25) is 0 Å². The largest absolute Gasteiger partial charge is 0.493 e. The van der Waals surface area contributed by atoms with Gasteiger partial charge in [0.05, 0.1) is 25.1 Å². The van der Waals surface area contributed by atoms with Gasteiger partial charge in [-0.25, -0.2) is 9.79 Å². The molecule has 0 spiro atoms. The van der Waals surface area contributed by atoms with Gasteiger partial charge in [0, 0.05) is 38.3 Å². The van der Waals surface area contributed by atoms with Crippen molar-refractivity contribution in [3.05, 3.63) is 79.4 Å². The lowest BCUT2D eigenvalue weighted by molar-refractivity contribution is -0.117. The highest BCUT2D eigenvalue weighted by Crippen LogP contribution is 2.37. The van der Waals surface area contributed by atoms with Gasteiger partial charge in [-0.05, 0) is 62.9 Å². The molecule has 0 saturated heterocycles. The van der Waals surface area contributed by atoms with Crippen LogP contribution in [0.5, 0.6) is 11.5 Å². The molecule has 1 amide bonds. The van der Waals surface area contributed by atoms with E-state index in [9.17, 15) is 9.59 Å². The zero-order valence-corrected chi connectivity index (χ0v) is 25.6. The van der Waals surface area contributed by atoms with Gasteiger partial charge < -0.3 is 25.5 Å². The van der Waals surface area contributed by atoms with Crippen molar-refractivity contribution in [2.45, 2.75) is 47.2 Å². The first-order valence-electron chi connectivity index (χ1n) is 13.8. The van der Waals surface area contributed by atoms with Gasteiger partial charge in [-0.1, -0.05) is 29.3 Å². The number of nitrogens with two attached hydrogens (primary N) is 1. The number of hydrogen-bond donors (Lipinski definition) is 4. The Bertz CT molecular complexity index is 1650. The first kappa shape index (κ1) is 30.7. The molecule has 5 N–H and O–H groups in total. The van der Waals surface area contributed by atoms with Crippen molar-refractivity contribution in [3.8, 4) is 22.8 Å². The topological polar surface area (TPSA) is 137 Å². The molecule has 0 unspecified atom stereocenters. The molecule has 1 aliphatic rings. The van der Waals surface area contributed by atoms with Crippen LogP contribution in [0.25, 0.3) is 11.3 Å². The Morgan fingerprint density at radius 3 is 2.45 bits per heavy atom.